The summed E-state index contributed by atoms with van der Waals surface area (Å²) in [5.74, 6) is 2.03. The Kier molecular flexibility index (Phi) is 5.32. The third kappa shape index (κ3) is 3.82. The highest BCUT2D eigenvalue weighted by molar-refractivity contribution is 7.99. The molecule has 0 spiro atoms. The summed E-state index contributed by atoms with van der Waals surface area (Å²) in [6.45, 7) is 9.17. The van der Waals surface area contributed by atoms with E-state index in [1.807, 2.05) is 0 Å². The van der Waals surface area contributed by atoms with E-state index in [9.17, 15) is 0 Å². The van der Waals surface area contributed by atoms with E-state index in [1.54, 1.807) is 0 Å². The van der Waals surface area contributed by atoms with Crippen molar-refractivity contribution in [2.75, 3.05) is 5.75 Å². The van der Waals surface area contributed by atoms with E-state index in [-0.39, 0.29) is 0 Å². The molecule has 0 amide bonds. The highest BCUT2D eigenvalue weighted by Crippen LogP contribution is 2.30. The Morgan fingerprint density at radius 1 is 1.29 bits per heavy atom. The van der Waals surface area contributed by atoms with E-state index >= 15 is 0 Å². The van der Waals surface area contributed by atoms with Crippen LogP contribution in [0.4, 0.5) is 0 Å². The Balaban J connectivity index is 2.21. The zero-order valence-electron chi connectivity index (χ0n) is 10.0. The third-order valence-corrected chi connectivity index (χ3v) is 4.52. The first-order chi connectivity index (χ1) is 6.63. The van der Waals surface area contributed by atoms with Gasteiger partial charge < -0.3 is 5.32 Å². The standard InChI is InChI=1S/C12H25NS/c1-5-14-12-7-6-11(8-12)13-10(4)9(2)3/h9-13H,5-8H2,1-4H3. The summed E-state index contributed by atoms with van der Waals surface area (Å²) in [6.07, 6.45) is 4.19. The Morgan fingerprint density at radius 2 is 2.00 bits per heavy atom. The predicted octanol–water partition coefficient (Wildman–Crippen LogP) is 3.29. The van der Waals surface area contributed by atoms with Crippen molar-refractivity contribution in [1.29, 1.82) is 0 Å². The molecule has 1 nitrogen and oxygen atoms in total. The molecule has 14 heavy (non-hydrogen) atoms. The van der Waals surface area contributed by atoms with Crippen molar-refractivity contribution in [3.63, 3.8) is 0 Å². The first-order valence-corrected chi connectivity index (χ1v) is 7.06. The molecule has 84 valence electrons. The lowest BCUT2D eigenvalue weighted by atomic mass is 10.1. The first kappa shape index (κ1) is 12.4. The lowest BCUT2D eigenvalue weighted by Gasteiger charge is -2.22. The lowest BCUT2D eigenvalue weighted by molar-refractivity contribution is 0.374. The lowest BCUT2D eigenvalue weighted by Crippen LogP contribution is -2.38. The van der Waals surface area contributed by atoms with E-state index in [2.05, 4.69) is 44.8 Å². The molecule has 1 aliphatic carbocycles. The summed E-state index contributed by atoms with van der Waals surface area (Å²) in [6, 6.07) is 1.46. The fourth-order valence-electron chi connectivity index (χ4n) is 2.04. The fraction of sp³-hybridized carbons (Fsp3) is 1.00. The van der Waals surface area contributed by atoms with Gasteiger partial charge in [-0.15, -0.1) is 0 Å². The van der Waals surface area contributed by atoms with Crippen LogP contribution in [0.5, 0.6) is 0 Å². The van der Waals surface area contributed by atoms with Gasteiger partial charge in [0.05, 0.1) is 0 Å². The average Bonchev–Trinajstić information content (AvgIpc) is 2.53. The molecule has 0 aromatic heterocycles. The Labute approximate surface area is 93.4 Å². The van der Waals surface area contributed by atoms with Gasteiger partial charge in [0, 0.05) is 17.3 Å². The molecule has 0 aliphatic heterocycles. The Hall–Kier alpha value is 0.310. The van der Waals surface area contributed by atoms with E-state index in [0.717, 1.165) is 17.2 Å². The monoisotopic (exact) mass is 215 g/mol. The van der Waals surface area contributed by atoms with Crippen molar-refractivity contribution in [1.82, 2.24) is 5.32 Å². The van der Waals surface area contributed by atoms with Crippen molar-refractivity contribution < 1.29 is 0 Å². The van der Waals surface area contributed by atoms with E-state index < -0.39 is 0 Å². The van der Waals surface area contributed by atoms with Crippen molar-refractivity contribution in [3.8, 4) is 0 Å². The van der Waals surface area contributed by atoms with Crippen molar-refractivity contribution in [2.24, 2.45) is 5.92 Å². The normalized spacial score (nSPS) is 29.8. The number of nitrogens with one attached hydrogen (secondary N) is 1. The van der Waals surface area contributed by atoms with Crippen LogP contribution in [0.15, 0.2) is 0 Å². The van der Waals surface area contributed by atoms with Crippen LogP contribution in [0.2, 0.25) is 0 Å². The minimum absolute atomic E-state index is 0.672. The first-order valence-electron chi connectivity index (χ1n) is 6.01. The maximum atomic E-state index is 3.75. The van der Waals surface area contributed by atoms with E-state index in [4.69, 9.17) is 0 Å². The molecular formula is C12H25NS. The molecule has 0 aromatic rings. The highest BCUT2D eigenvalue weighted by atomic mass is 32.2. The third-order valence-electron chi connectivity index (χ3n) is 3.29. The summed E-state index contributed by atoms with van der Waals surface area (Å²) in [7, 11) is 0. The maximum absolute atomic E-state index is 3.75. The van der Waals surface area contributed by atoms with Gasteiger partial charge in [-0.3, -0.25) is 0 Å². The van der Waals surface area contributed by atoms with Gasteiger partial charge in [-0.1, -0.05) is 20.8 Å². The smallest absolute Gasteiger partial charge is 0.00805 e. The molecular weight excluding hydrogens is 190 g/mol. The molecule has 0 heterocycles. The summed E-state index contributed by atoms with van der Waals surface area (Å²) in [5.41, 5.74) is 0. The molecule has 1 N–H and O–H groups in total. The van der Waals surface area contributed by atoms with Crippen LogP contribution in [0, 0.1) is 5.92 Å². The zero-order valence-corrected chi connectivity index (χ0v) is 10.9. The highest BCUT2D eigenvalue weighted by Gasteiger charge is 2.25. The van der Waals surface area contributed by atoms with Crippen LogP contribution in [0.1, 0.15) is 47.0 Å². The molecule has 3 unspecified atom stereocenters. The van der Waals surface area contributed by atoms with Gasteiger partial charge in [0.15, 0.2) is 0 Å². The summed E-state index contributed by atoms with van der Waals surface area (Å²) < 4.78 is 0. The molecule has 2 heteroatoms. The molecule has 1 aliphatic rings. The SMILES string of the molecule is CCSC1CCC(NC(C)C(C)C)C1. The zero-order chi connectivity index (χ0) is 10.6. The van der Waals surface area contributed by atoms with Gasteiger partial charge in [0.25, 0.3) is 0 Å². The second-order valence-electron chi connectivity index (χ2n) is 4.79. The molecule has 3 atom stereocenters. The number of hydrogen-bond acceptors (Lipinski definition) is 2. The average molecular weight is 215 g/mol. The van der Waals surface area contributed by atoms with Crippen LogP contribution in [0.25, 0.3) is 0 Å². The minimum Gasteiger partial charge on any atom is -0.311 e. The van der Waals surface area contributed by atoms with Gasteiger partial charge in [0.2, 0.25) is 0 Å². The summed E-state index contributed by atoms with van der Waals surface area (Å²) in [5, 5.41) is 4.68. The fourth-order valence-corrected chi connectivity index (χ4v) is 3.19. The van der Waals surface area contributed by atoms with Gasteiger partial charge in [-0.05, 0) is 37.9 Å². The molecule has 1 saturated carbocycles. The quantitative estimate of drug-likeness (QED) is 0.755. The maximum Gasteiger partial charge on any atom is 0.00805 e. The molecule has 0 saturated heterocycles. The largest absolute Gasteiger partial charge is 0.311 e. The second kappa shape index (κ2) is 6.02. The molecule has 0 aromatic carbocycles. The van der Waals surface area contributed by atoms with Gasteiger partial charge in [-0.25, -0.2) is 0 Å². The van der Waals surface area contributed by atoms with Crippen LogP contribution in [0.3, 0.4) is 0 Å². The topological polar surface area (TPSA) is 12.0 Å². The molecule has 1 fully saturated rings. The molecule has 1 rings (SSSR count). The number of hydrogen-bond donors (Lipinski definition) is 1. The van der Waals surface area contributed by atoms with Crippen LogP contribution < -0.4 is 5.32 Å². The predicted molar refractivity (Wildman–Crippen MR) is 67.0 cm³/mol. The van der Waals surface area contributed by atoms with Crippen molar-refractivity contribution in [3.05, 3.63) is 0 Å². The number of thioether (sulfide) groups is 1. The molecule has 0 radical (unpaired) electrons. The van der Waals surface area contributed by atoms with E-state index in [1.165, 1.54) is 25.0 Å². The van der Waals surface area contributed by atoms with Crippen LogP contribution in [-0.2, 0) is 0 Å². The van der Waals surface area contributed by atoms with Gasteiger partial charge in [-0.2, -0.15) is 11.8 Å². The van der Waals surface area contributed by atoms with Gasteiger partial charge >= 0.3 is 0 Å². The van der Waals surface area contributed by atoms with Crippen molar-refractivity contribution >= 4 is 11.8 Å². The van der Waals surface area contributed by atoms with E-state index in [0.29, 0.717) is 6.04 Å². The van der Waals surface area contributed by atoms with Crippen LogP contribution in [-0.4, -0.2) is 23.1 Å². The summed E-state index contributed by atoms with van der Waals surface area (Å²) >= 11 is 2.14. The minimum atomic E-state index is 0.672. The summed E-state index contributed by atoms with van der Waals surface area (Å²) in [4.78, 5) is 0. The molecule has 0 bridgehead atoms. The Morgan fingerprint density at radius 3 is 2.57 bits per heavy atom. The number of rotatable bonds is 5. The van der Waals surface area contributed by atoms with Gasteiger partial charge in [0.1, 0.15) is 0 Å². The van der Waals surface area contributed by atoms with Crippen LogP contribution >= 0.6 is 11.8 Å². The van der Waals surface area contributed by atoms with Crippen molar-refractivity contribution in [2.45, 2.75) is 64.3 Å². The Bertz CT molecular complexity index is 158. The second-order valence-corrected chi connectivity index (χ2v) is 6.36.